The average molecular weight is 242 g/mol. The molecule has 2 nitrogen and oxygen atoms in total. The molecule has 0 unspecified atom stereocenters. The first-order valence-electron chi connectivity index (χ1n) is 7.05. The zero-order chi connectivity index (χ0) is 12.5. The molecule has 0 radical (unpaired) electrons. The highest BCUT2D eigenvalue weighted by molar-refractivity contribution is 5.85. The molecule has 0 spiro atoms. The molecule has 1 saturated carbocycles. The summed E-state index contributed by atoms with van der Waals surface area (Å²) in [7, 11) is 0. The third-order valence-electron chi connectivity index (χ3n) is 3.89. The van der Waals surface area contributed by atoms with E-state index in [9.17, 15) is 0 Å². The molecule has 1 aromatic heterocycles. The van der Waals surface area contributed by atoms with Gasteiger partial charge in [0.15, 0.2) is 0 Å². The Morgan fingerprint density at radius 2 is 2.11 bits per heavy atom. The van der Waals surface area contributed by atoms with Crippen LogP contribution in [0.3, 0.4) is 0 Å². The van der Waals surface area contributed by atoms with Crippen molar-refractivity contribution < 1.29 is 0 Å². The average Bonchev–Trinajstić information content (AvgIpc) is 3.11. The molecule has 0 saturated heterocycles. The van der Waals surface area contributed by atoms with E-state index in [4.69, 9.17) is 0 Å². The SMILES string of the molecule is Cc1ccc2[nH]c(C)c(CCCNC3CC3)c2c1. The summed E-state index contributed by atoms with van der Waals surface area (Å²) in [5.74, 6) is 0. The first-order chi connectivity index (χ1) is 8.74. The Kier molecular flexibility index (Phi) is 3.13. The summed E-state index contributed by atoms with van der Waals surface area (Å²) in [5, 5.41) is 5.00. The van der Waals surface area contributed by atoms with Gasteiger partial charge in [0.2, 0.25) is 0 Å². The highest BCUT2D eigenvalue weighted by atomic mass is 14.9. The predicted molar refractivity (Wildman–Crippen MR) is 77.1 cm³/mol. The van der Waals surface area contributed by atoms with E-state index in [2.05, 4.69) is 42.3 Å². The maximum atomic E-state index is 3.59. The molecule has 1 aromatic carbocycles. The number of hydrogen-bond acceptors (Lipinski definition) is 1. The van der Waals surface area contributed by atoms with Crippen LogP contribution in [0.25, 0.3) is 10.9 Å². The first-order valence-corrected chi connectivity index (χ1v) is 7.05. The predicted octanol–water partition coefficient (Wildman–Crippen LogP) is 3.47. The number of H-pyrrole nitrogens is 1. The molecule has 1 aliphatic carbocycles. The second-order valence-electron chi connectivity index (χ2n) is 5.61. The molecule has 2 N–H and O–H groups in total. The van der Waals surface area contributed by atoms with Crippen LogP contribution in [0.5, 0.6) is 0 Å². The quantitative estimate of drug-likeness (QED) is 0.772. The van der Waals surface area contributed by atoms with Crippen LogP contribution in [-0.2, 0) is 6.42 Å². The van der Waals surface area contributed by atoms with Crippen molar-refractivity contribution in [3.05, 3.63) is 35.0 Å². The van der Waals surface area contributed by atoms with E-state index in [-0.39, 0.29) is 0 Å². The minimum Gasteiger partial charge on any atom is -0.358 e. The van der Waals surface area contributed by atoms with Crippen molar-refractivity contribution in [3.63, 3.8) is 0 Å². The molecule has 1 heterocycles. The van der Waals surface area contributed by atoms with E-state index < -0.39 is 0 Å². The summed E-state index contributed by atoms with van der Waals surface area (Å²) in [6.07, 6.45) is 5.17. The van der Waals surface area contributed by atoms with Gasteiger partial charge >= 0.3 is 0 Å². The number of hydrogen-bond donors (Lipinski definition) is 2. The van der Waals surface area contributed by atoms with Crippen molar-refractivity contribution in [1.29, 1.82) is 0 Å². The number of rotatable bonds is 5. The Hall–Kier alpha value is -1.28. The highest BCUT2D eigenvalue weighted by Gasteiger charge is 2.19. The fourth-order valence-electron chi connectivity index (χ4n) is 2.68. The smallest absolute Gasteiger partial charge is 0.0459 e. The van der Waals surface area contributed by atoms with Crippen molar-refractivity contribution in [2.45, 2.75) is 45.6 Å². The standard InChI is InChI=1S/C16H22N2/c1-11-5-8-16-15(10-11)14(12(2)18-16)4-3-9-17-13-6-7-13/h5,8,10,13,17-18H,3-4,6-7,9H2,1-2H3. The van der Waals surface area contributed by atoms with Crippen LogP contribution in [0.1, 0.15) is 36.1 Å². The molecule has 0 atom stereocenters. The molecule has 2 heteroatoms. The lowest BCUT2D eigenvalue weighted by molar-refractivity contribution is 0.646. The molecular weight excluding hydrogens is 220 g/mol. The highest BCUT2D eigenvalue weighted by Crippen LogP contribution is 2.24. The second kappa shape index (κ2) is 4.77. The van der Waals surface area contributed by atoms with E-state index in [0.717, 1.165) is 12.6 Å². The summed E-state index contributed by atoms with van der Waals surface area (Å²) in [6, 6.07) is 7.51. The zero-order valence-corrected chi connectivity index (χ0v) is 11.3. The number of aromatic amines is 1. The fraction of sp³-hybridized carbons (Fsp3) is 0.500. The maximum Gasteiger partial charge on any atom is 0.0459 e. The Balaban J connectivity index is 1.72. The molecule has 0 amide bonds. The van der Waals surface area contributed by atoms with Crippen molar-refractivity contribution in [2.75, 3.05) is 6.54 Å². The minimum absolute atomic E-state index is 0.830. The summed E-state index contributed by atoms with van der Waals surface area (Å²) in [4.78, 5) is 3.50. The van der Waals surface area contributed by atoms with Crippen LogP contribution in [0.4, 0.5) is 0 Å². The lowest BCUT2D eigenvalue weighted by Gasteiger charge is -2.04. The van der Waals surface area contributed by atoms with Crippen molar-refractivity contribution in [1.82, 2.24) is 10.3 Å². The van der Waals surface area contributed by atoms with Gasteiger partial charge in [-0.1, -0.05) is 11.6 Å². The van der Waals surface area contributed by atoms with Crippen molar-refractivity contribution >= 4 is 10.9 Å². The van der Waals surface area contributed by atoms with Crippen LogP contribution in [0, 0.1) is 13.8 Å². The molecule has 1 aliphatic rings. The van der Waals surface area contributed by atoms with Crippen LogP contribution < -0.4 is 5.32 Å². The lowest BCUT2D eigenvalue weighted by Crippen LogP contribution is -2.17. The second-order valence-corrected chi connectivity index (χ2v) is 5.61. The molecule has 0 bridgehead atoms. The van der Waals surface area contributed by atoms with Gasteiger partial charge in [-0.25, -0.2) is 0 Å². The fourth-order valence-corrected chi connectivity index (χ4v) is 2.68. The molecule has 0 aliphatic heterocycles. The monoisotopic (exact) mass is 242 g/mol. The zero-order valence-electron chi connectivity index (χ0n) is 11.3. The summed E-state index contributed by atoms with van der Waals surface area (Å²) in [5.41, 5.74) is 5.47. The van der Waals surface area contributed by atoms with Gasteiger partial charge in [-0.3, -0.25) is 0 Å². The molecule has 3 rings (SSSR count). The van der Waals surface area contributed by atoms with E-state index in [1.165, 1.54) is 53.4 Å². The molecule has 96 valence electrons. The molecule has 2 aromatic rings. The number of nitrogens with one attached hydrogen (secondary N) is 2. The Morgan fingerprint density at radius 1 is 1.28 bits per heavy atom. The normalized spacial score (nSPS) is 15.4. The number of aromatic nitrogens is 1. The van der Waals surface area contributed by atoms with Gasteiger partial charge in [0, 0.05) is 22.6 Å². The third-order valence-corrected chi connectivity index (χ3v) is 3.89. The number of fused-ring (bicyclic) bond motifs is 1. The molecular formula is C16H22N2. The first kappa shape index (κ1) is 11.8. The Bertz CT molecular complexity index is 549. The van der Waals surface area contributed by atoms with Gasteiger partial charge in [-0.2, -0.15) is 0 Å². The van der Waals surface area contributed by atoms with E-state index in [1.54, 1.807) is 0 Å². The molecule has 1 fully saturated rings. The Labute approximate surface area is 109 Å². The summed E-state index contributed by atoms with van der Waals surface area (Å²) >= 11 is 0. The van der Waals surface area contributed by atoms with E-state index in [0.29, 0.717) is 0 Å². The van der Waals surface area contributed by atoms with Crippen molar-refractivity contribution in [2.24, 2.45) is 0 Å². The topological polar surface area (TPSA) is 27.8 Å². The van der Waals surface area contributed by atoms with Gasteiger partial charge in [-0.15, -0.1) is 0 Å². The minimum atomic E-state index is 0.830. The van der Waals surface area contributed by atoms with Gasteiger partial charge in [0.1, 0.15) is 0 Å². The lowest BCUT2D eigenvalue weighted by atomic mass is 10.0. The third kappa shape index (κ3) is 2.44. The Morgan fingerprint density at radius 3 is 2.89 bits per heavy atom. The van der Waals surface area contributed by atoms with E-state index >= 15 is 0 Å². The van der Waals surface area contributed by atoms with Crippen molar-refractivity contribution in [3.8, 4) is 0 Å². The van der Waals surface area contributed by atoms with Crippen LogP contribution in [0.15, 0.2) is 18.2 Å². The van der Waals surface area contributed by atoms with Gasteiger partial charge in [0.25, 0.3) is 0 Å². The van der Waals surface area contributed by atoms with Crippen LogP contribution in [0.2, 0.25) is 0 Å². The van der Waals surface area contributed by atoms with Gasteiger partial charge < -0.3 is 10.3 Å². The maximum absolute atomic E-state index is 3.59. The largest absolute Gasteiger partial charge is 0.358 e. The summed E-state index contributed by atoms with van der Waals surface area (Å²) in [6.45, 7) is 5.52. The van der Waals surface area contributed by atoms with Crippen LogP contribution >= 0.6 is 0 Å². The number of aryl methyl sites for hydroxylation is 3. The van der Waals surface area contributed by atoms with Crippen LogP contribution in [-0.4, -0.2) is 17.6 Å². The molecule has 18 heavy (non-hydrogen) atoms. The number of benzene rings is 1. The van der Waals surface area contributed by atoms with Gasteiger partial charge in [0.05, 0.1) is 0 Å². The van der Waals surface area contributed by atoms with Gasteiger partial charge in [-0.05, 0) is 63.8 Å². The summed E-state index contributed by atoms with van der Waals surface area (Å²) < 4.78 is 0. The van der Waals surface area contributed by atoms with E-state index in [1.807, 2.05) is 0 Å².